The molecule has 1 N–H and O–H groups in total. The summed E-state index contributed by atoms with van der Waals surface area (Å²) < 4.78 is 12.8. The lowest BCUT2D eigenvalue weighted by Gasteiger charge is -2.23. The highest BCUT2D eigenvalue weighted by molar-refractivity contribution is 7.99. The van der Waals surface area contributed by atoms with Crippen LogP contribution in [0.3, 0.4) is 0 Å². The summed E-state index contributed by atoms with van der Waals surface area (Å²) in [6.45, 7) is 4.35. The van der Waals surface area contributed by atoms with Crippen molar-refractivity contribution in [2.24, 2.45) is 0 Å². The molecule has 1 saturated heterocycles. The van der Waals surface area contributed by atoms with Gasteiger partial charge in [0, 0.05) is 6.20 Å². The quantitative estimate of drug-likeness (QED) is 0.799. The van der Waals surface area contributed by atoms with Crippen molar-refractivity contribution in [2.75, 3.05) is 25.6 Å². The third-order valence-electron chi connectivity index (χ3n) is 2.47. The van der Waals surface area contributed by atoms with Crippen LogP contribution in [0.15, 0.2) is 11.4 Å². The van der Waals surface area contributed by atoms with Gasteiger partial charge in [-0.05, 0) is 6.92 Å². The summed E-state index contributed by atoms with van der Waals surface area (Å²) in [5.74, 6) is -0.831. The molecule has 1 aliphatic rings. The highest BCUT2D eigenvalue weighted by Gasteiger charge is 2.17. The van der Waals surface area contributed by atoms with Crippen LogP contribution in [0.1, 0.15) is 5.69 Å². The number of aliphatic carboxylic acids is 1. The molecule has 18 heavy (non-hydrogen) atoms. The Kier molecular flexibility index (Phi) is 4.62. The van der Waals surface area contributed by atoms with Gasteiger partial charge >= 0.3 is 5.97 Å². The molecule has 1 unspecified atom stereocenters. The second kappa shape index (κ2) is 6.21. The summed E-state index contributed by atoms with van der Waals surface area (Å²) >= 11 is 1.22. The van der Waals surface area contributed by atoms with Crippen LogP contribution in [0.5, 0.6) is 0 Å². The first kappa shape index (κ1) is 13.4. The fourth-order valence-electron chi connectivity index (χ4n) is 1.76. The van der Waals surface area contributed by atoms with E-state index in [4.69, 9.17) is 14.6 Å². The Hall–Kier alpha value is -1.05. The molecule has 0 bridgehead atoms. The molecule has 1 atom stereocenters. The summed E-state index contributed by atoms with van der Waals surface area (Å²) in [6.07, 6.45) is 1.92. The minimum atomic E-state index is -0.843. The van der Waals surface area contributed by atoms with Gasteiger partial charge in [-0.2, -0.15) is 0 Å². The lowest BCUT2D eigenvalue weighted by Crippen LogP contribution is -2.32. The average molecular weight is 272 g/mol. The smallest absolute Gasteiger partial charge is 0.313 e. The molecular formula is C11H16N2O4S. The van der Waals surface area contributed by atoms with Crippen LogP contribution >= 0.6 is 11.8 Å². The molecule has 1 aliphatic heterocycles. The van der Waals surface area contributed by atoms with Crippen molar-refractivity contribution >= 4 is 17.7 Å². The summed E-state index contributed by atoms with van der Waals surface area (Å²) in [4.78, 5) is 14.9. The van der Waals surface area contributed by atoms with E-state index in [1.165, 1.54) is 11.8 Å². The number of thioether (sulfide) groups is 1. The summed E-state index contributed by atoms with van der Waals surface area (Å²) in [5, 5.41) is 9.40. The molecule has 1 fully saturated rings. The van der Waals surface area contributed by atoms with Gasteiger partial charge in [-0.15, -0.1) is 0 Å². The Bertz CT molecular complexity index is 415. The van der Waals surface area contributed by atoms with E-state index in [0.29, 0.717) is 31.5 Å². The number of aryl methyl sites for hydroxylation is 1. The molecule has 6 nitrogen and oxygen atoms in total. The molecule has 0 aromatic carbocycles. The van der Waals surface area contributed by atoms with Gasteiger partial charge < -0.3 is 19.1 Å². The van der Waals surface area contributed by atoms with Crippen molar-refractivity contribution in [1.82, 2.24) is 9.55 Å². The molecule has 0 saturated carbocycles. The minimum Gasteiger partial charge on any atom is -0.481 e. The minimum absolute atomic E-state index is 0.0107. The number of hydrogen-bond acceptors (Lipinski definition) is 5. The molecular weight excluding hydrogens is 256 g/mol. The number of carboxylic acids is 1. The number of carbonyl (C=O) groups is 1. The van der Waals surface area contributed by atoms with E-state index in [9.17, 15) is 4.79 Å². The first-order chi connectivity index (χ1) is 8.65. The SMILES string of the molecule is Cc1cn(CC2COCCO2)c(SCC(=O)O)n1. The fraction of sp³-hybridized carbons (Fsp3) is 0.636. The van der Waals surface area contributed by atoms with Gasteiger partial charge in [0.2, 0.25) is 0 Å². The van der Waals surface area contributed by atoms with E-state index in [1.807, 2.05) is 17.7 Å². The second-order valence-corrected chi connectivity index (χ2v) is 5.01. The van der Waals surface area contributed by atoms with Crippen molar-refractivity contribution in [3.05, 3.63) is 11.9 Å². The number of imidazole rings is 1. The van der Waals surface area contributed by atoms with E-state index in [2.05, 4.69) is 4.98 Å². The number of hydrogen-bond donors (Lipinski definition) is 1. The van der Waals surface area contributed by atoms with Gasteiger partial charge in [-0.3, -0.25) is 4.79 Å². The van der Waals surface area contributed by atoms with E-state index >= 15 is 0 Å². The highest BCUT2D eigenvalue weighted by atomic mass is 32.2. The van der Waals surface area contributed by atoms with E-state index in [-0.39, 0.29) is 11.9 Å². The molecule has 0 amide bonds. The first-order valence-electron chi connectivity index (χ1n) is 5.73. The summed E-state index contributed by atoms with van der Waals surface area (Å²) in [6, 6.07) is 0. The van der Waals surface area contributed by atoms with Gasteiger partial charge in [0.15, 0.2) is 5.16 Å². The predicted octanol–water partition coefficient (Wildman–Crippen LogP) is 0.784. The molecule has 0 spiro atoms. The maximum Gasteiger partial charge on any atom is 0.313 e. The standard InChI is InChI=1S/C11H16N2O4S/c1-8-4-13(5-9-6-16-2-3-17-9)11(12-8)18-7-10(14)15/h4,9H,2-3,5-7H2,1H3,(H,14,15). The van der Waals surface area contributed by atoms with E-state index < -0.39 is 5.97 Å². The van der Waals surface area contributed by atoms with Crippen LogP contribution in [0.2, 0.25) is 0 Å². The predicted molar refractivity (Wildman–Crippen MR) is 65.9 cm³/mol. The van der Waals surface area contributed by atoms with Crippen LogP contribution in [0.4, 0.5) is 0 Å². The Balaban J connectivity index is 1.99. The van der Waals surface area contributed by atoms with Crippen molar-refractivity contribution in [1.29, 1.82) is 0 Å². The van der Waals surface area contributed by atoms with Crippen molar-refractivity contribution in [2.45, 2.75) is 24.7 Å². The zero-order valence-electron chi connectivity index (χ0n) is 10.2. The second-order valence-electron chi connectivity index (χ2n) is 4.07. The molecule has 0 aliphatic carbocycles. The summed E-state index contributed by atoms with van der Waals surface area (Å²) in [7, 11) is 0. The normalized spacial score (nSPS) is 19.9. The summed E-state index contributed by atoms with van der Waals surface area (Å²) in [5.41, 5.74) is 0.875. The molecule has 7 heteroatoms. The number of aromatic nitrogens is 2. The van der Waals surface area contributed by atoms with E-state index in [0.717, 1.165) is 5.69 Å². The van der Waals surface area contributed by atoms with Crippen molar-refractivity contribution in [3.8, 4) is 0 Å². The van der Waals surface area contributed by atoms with Gasteiger partial charge in [-0.25, -0.2) is 4.98 Å². The average Bonchev–Trinajstić information content (AvgIpc) is 2.68. The number of carboxylic acid groups (broad SMARTS) is 1. The number of nitrogens with zero attached hydrogens (tertiary/aromatic N) is 2. The molecule has 1 aromatic heterocycles. The maximum absolute atomic E-state index is 10.6. The molecule has 0 radical (unpaired) electrons. The Labute approximate surface area is 109 Å². The zero-order chi connectivity index (χ0) is 13.0. The largest absolute Gasteiger partial charge is 0.481 e. The van der Waals surface area contributed by atoms with Crippen LogP contribution in [-0.4, -0.2) is 52.3 Å². The highest BCUT2D eigenvalue weighted by Crippen LogP contribution is 2.18. The maximum atomic E-state index is 10.6. The zero-order valence-corrected chi connectivity index (χ0v) is 11.0. The van der Waals surface area contributed by atoms with Gasteiger partial charge in [0.1, 0.15) is 0 Å². The molecule has 100 valence electrons. The third kappa shape index (κ3) is 3.72. The molecule has 2 heterocycles. The van der Waals surface area contributed by atoms with Crippen molar-refractivity contribution < 1.29 is 19.4 Å². The topological polar surface area (TPSA) is 73.6 Å². The van der Waals surface area contributed by atoms with Crippen molar-refractivity contribution in [3.63, 3.8) is 0 Å². The Morgan fingerprint density at radius 1 is 1.67 bits per heavy atom. The number of ether oxygens (including phenoxy) is 2. The van der Waals surface area contributed by atoms with Gasteiger partial charge in [-0.1, -0.05) is 11.8 Å². The van der Waals surface area contributed by atoms with Gasteiger partial charge in [0.25, 0.3) is 0 Å². The Morgan fingerprint density at radius 2 is 2.50 bits per heavy atom. The van der Waals surface area contributed by atoms with E-state index in [1.54, 1.807) is 0 Å². The third-order valence-corrected chi connectivity index (χ3v) is 3.45. The first-order valence-corrected chi connectivity index (χ1v) is 6.71. The van der Waals surface area contributed by atoms with Crippen LogP contribution < -0.4 is 0 Å². The van der Waals surface area contributed by atoms with Crippen LogP contribution in [0.25, 0.3) is 0 Å². The number of rotatable bonds is 5. The lowest BCUT2D eigenvalue weighted by atomic mass is 10.3. The van der Waals surface area contributed by atoms with Gasteiger partial charge in [0.05, 0.1) is 43.9 Å². The molecule has 1 aromatic rings. The van der Waals surface area contributed by atoms with Crippen LogP contribution in [0, 0.1) is 6.92 Å². The Morgan fingerprint density at radius 3 is 3.17 bits per heavy atom. The lowest BCUT2D eigenvalue weighted by molar-refractivity contribution is -0.133. The van der Waals surface area contributed by atoms with Crippen LogP contribution in [-0.2, 0) is 20.8 Å². The fourth-order valence-corrected chi connectivity index (χ4v) is 2.51. The molecule has 2 rings (SSSR count). The monoisotopic (exact) mass is 272 g/mol.